The molecule has 1 aliphatic carbocycles. The Morgan fingerprint density at radius 3 is 2.13 bits per heavy atom. The summed E-state index contributed by atoms with van der Waals surface area (Å²) in [4.78, 5) is 11.7. The third kappa shape index (κ3) is 8.53. The molecule has 136 valence electrons. The molecular formula is C17H34N2O4. The van der Waals surface area contributed by atoms with Gasteiger partial charge in [0, 0.05) is 13.1 Å². The first-order valence-electron chi connectivity index (χ1n) is 9.00. The first-order valence-corrected chi connectivity index (χ1v) is 9.00. The molecule has 0 unspecified atom stereocenters. The Morgan fingerprint density at radius 2 is 1.57 bits per heavy atom. The lowest BCUT2D eigenvalue weighted by atomic mass is 10.1. The Kier molecular flexibility index (Phi) is 11.0. The molecule has 0 aromatic carbocycles. The zero-order valence-corrected chi connectivity index (χ0v) is 14.7. The number of hydrogen-bond acceptors (Lipinski definition) is 5. The molecule has 0 spiro atoms. The maximum Gasteiger partial charge on any atom is 0.407 e. The number of carbonyl (C=O) groups is 1. The van der Waals surface area contributed by atoms with Crippen molar-refractivity contribution in [1.82, 2.24) is 5.32 Å². The van der Waals surface area contributed by atoms with Crippen LogP contribution in [0.4, 0.5) is 4.79 Å². The van der Waals surface area contributed by atoms with Gasteiger partial charge in [-0.05, 0) is 17.8 Å². The van der Waals surface area contributed by atoms with E-state index in [1.54, 1.807) is 0 Å². The van der Waals surface area contributed by atoms with Gasteiger partial charge in [0.1, 0.15) is 0 Å². The molecule has 6 nitrogen and oxygen atoms in total. The molecule has 0 aromatic rings. The summed E-state index contributed by atoms with van der Waals surface area (Å²) >= 11 is 0. The van der Waals surface area contributed by atoms with Crippen LogP contribution in [0.25, 0.3) is 0 Å². The topological polar surface area (TPSA) is 82.8 Å². The van der Waals surface area contributed by atoms with Gasteiger partial charge in [-0.2, -0.15) is 0 Å². The van der Waals surface area contributed by atoms with Crippen LogP contribution in [0, 0.1) is 17.8 Å². The smallest absolute Gasteiger partial charge is 0.407 e. The Morgan fingerprint density at radius 1 is 0.957 bits per heavy atom. The minimum Gasteiger partial charge on any atom is -0.449 e. The number of carbonyl (C=O) groups excluding carboxylic acids is 1. The lowest BCUT2D eigenvalue weighted by Gasteiger charge is -2.08. The van der Waals surface area contributed by atoms with Gasteiger partial charge in [-0.1, -0.05) is 39.5 Å². The van der Waals surface area contributed by atoms with Crippen molar-refractivity contribution in [3.05, 3.63) is 0 Å². The van der Waals surface area contributed by atoms with Crippen molar-refractivity contribution in [3.63, 3.8) is 0 Å². The van der Waals surface area contributed by atoms with E-state index in [9.17, 15) is 4.79 Å². The lowest BCUT2D eigenvalue weighted by Crippen LogP contribution is -2.29. The molecule has 6 heteroatoms. The second-order valence-electron chi connectivity index (χ2n) is 6.11. The molecule has 1 amide bonds. The summed E-state index contributed by atoms with van der Waals surface area (Å²) in [6, 6.07) is 0. The van der Waals surface area contributed by atoms with E-state index in [1.165, 1.54) is 25.7 Å². The molecule has 0 aliphatic heterocycles. The Bertz CT molecular complexity index is 303. The highest BCUT2D eigenvalue weighted by Crippen LogP contribution is 2.51. The molecule has 0 aromatic heterocycles. The van der Waals surface area contributed by atoms with Crippen LogP contribution in [0.1, 0.15) is 39.5 Å². The largest absolute Gasteiger partial charge is 0.449 e. The minimum atomic E-state index is -0.342. The van der Waals surface area contributed by atoms with Crippen LogP contribution in [0.2, 0.25) is 0 Å². The number of amides is 1. The molecular weight excluding hydrogens is 296 g/mol. The number of nitrogens with two attached hydrogens (primary N) is 1. The third-order valence-corrected chi connectivity index (χ3v) is 4.31. The highest BCUT2D eigenvalue weighted by Gasteiger charge is 2.48. The third-order valence-electron chi connectivity index (χ3n) is 4.31. The lowest BCUT2D eigenvalue weighted by molar-refractivity contribution is 0.0511. The van der Waals surface area contributed by atoms with Crippen molar-refractivity contribution >= 4 is 6.09 Å². The Labute approximate surface area is 140 Å². The number of hydrogen-bond donors (Lipinski definition) is 2. The predicted octanol–water partition coefficient (Wildman–Crippen LogP) is 2.17. The first kappa shape index (κ1) is 20.2. The molecule has 3 N–H and O–H groups in total. The van der Waals surface area contributed by atoms with Gasteiger partial charge >= 0.3 is 6.09 Å². The van der Waals surface area contributed by atoms with Crippen LogP contribution in [-0.4, -0.2) is 52.2 Å². The second kappa shape index (κ2) is 12.6. The fourth-order valence-corrected chi connectivity index (χ4v) is 3.15. The van der Waals surface area contributed by atoms with Gasteiger partial charge < -0.3 is 25.3 Å². The zero-order chi connectivity index (χ0) is 16.9. The summed E-state index contributed by atoms with van der Waals surface area (Å²) in [6.45, 7) is 8.00. The van der Waals surface area contributed by atoms with E-state index in [4.69, 9.17) is 19.9 Å². The average molecular weight is 330 g/mol. The van der Waals surface area contributed by atoms with Crippen molar-refractivity contribution in [3.8, 4) is 0 Å². The fraction of sp³-hybridized carbons (Fsp3) is 0.941. The Balaban J connectivity index is 1.98. The van der Waals surface area contributed by atoms with Crippen LogP contribution < -0.4 is 11.1 Å². The number of ether oxygens (including phenoxy) is 3. The summed E-state index contributed by atoms with van der Waals surface area (Å²) in [5.41, 5.74) is 5.30. The summed E-state index contributed by atoms with van der Waals surface area (Å²) < 4.78 is 15.8. The summed E-state index contributed by atoms with van der Waals surface area (Å²) in [7, 11) is 0. The van der Waals surface area contributed by atoms with Crippen molar-refractivity contribution < 1.29 is 19.0 Å². The molecule has 0 heterocycles. The van der Waals surface area contributed by atoms with Gasteiger partial charge in [-0.15, -0.1) is 0 Å². The van der Waals surface area contributed by atoms with E-state index in [0.717, 1.165) is 11.8 Å². The van der Waals surface area contributed by atoms with Crippen LogP contribution >= 0.6 is 0 Å². The minimum absolute atomic E-state index is 0.342. The quantitative estimate of drug-likeness (QED) is 0.477. The van der Waals surface area contributed by atoms with E-state index in [2.05, 4.69) is 19.2 Å². The number of rotatable bonds is 14. The van der Waals surface area contributed by atoms with Gasteiger partial charge in [0.05, 0.1) is 33.0 Å². The van der Waals surface area contributed by atoms with Crippen molar-refractivity contribution in [2.45, 2.75) is 39.5 Å². The molecule has 1 fully saturated rings. The molecule has 3 atom stereocenters. The summed E-state index contributed by atoms with van der Waals surface area (Å²) in [5, 5.41) is 2.71. The van der Waals surface area contributed by atoms with Crippen LogP contribution in [0.5, 0.6) is 0 Å². The van der Waals surface area contributed by atoms with Gasteiger partial charge in [-0.25, -0.2) is 4.79 Å². The standard InChI is InChI=1S/C17H34N2O4/c1-3-5-14-15(6-4-2)16(14)13-23-17(20)19-8-10-22-12-11-21-9-7-18/h14-16H,3-13,18H2,1-2H3,(H,19,20)/t14-,15+,16-. The van der Waals surface area contributed by atoms with E-state index in [-0.39, 0.29) is 6.09 Å². The average Bonchev–Trinajstić information content (AvgIpc) is 3.20. The van der Waals surface area contributed by atoms with Crippen molar-refractivity contribution in [2.75, 3.05) is 46.1 Å². The molecule has 1 rings (SSSR count). The normalized spacial score (nSPS) is 22.8. The van der Waals surface area contributed by atoms with Crippen LogP contribution in [0.15, 0.2) is 0 Å². The first-order chi connectivity index (χ1) is 11.2. The predicted molar refractivity (Wildman–Crippen MR) is 90.3 cm³/mol. The van der Waals surface area contributed by atoms with E-state index >= 15 is 0 Å². The maximum atomic E-state index is 11.7. The Hall–Kier alpha value is -0.850. The van der Waals surface area contributed by atoms with Crippen molar-refractivity contribution in [2.24, 2.45) is 23.5 Å². The summed E-state index contributed by atoms with van der Waals surface area (Å²) in [6.07, 6.45) is 4.58. The van der Waals surface area contributed by atoms with E-state index in [1.807, 2.05) is 0 Å². The molecule has 0 bridgehead atoms. The highest BCUT2D eigenvalue weighted by molar-refractivity contribution is 5.67. The zero-order valence-electron chi connectivity index (χ0n) is 14.7. The SMILES string of the molecule is CCC[C@@H]1[C@H](CCC)[C@@H]1COC(=O)NCCOCCOCCN. The number of nitrogens with one attached hydrogen (secondary N) is 1. The molecule has 23 heavy (non-hydrogen) atoms. The molecule has 1 saturated carbocycles. The maximum absolute atomic E-state index is 11.7. The monoisotopic (exact) mass is 330 g/mol. The molecule has 1 aliphatic rings. The fourth-order valence-electron chi connectivity index (χ4n) is 3.15. The number of alkyl carbamates (subject to hydrolysis) is 1. The van der Waals surface area contributed by atoms with Gasteiger partial charge in [0.15, 0.2) is 0 Å². The van der Waals surface area contributed by atoms with Gasteiger partial charge in [0.2, 0.25) is 0 Å². The second-order valence-corrected chi connectivity index (χ2v) is 6.11. The van der Waals surface area contributed by atoms with Crippen LogP contribution in [-0.2, 0) is 14.2 Å². The van der Waals surface area contributed by atoms with E-state index < -0.39 is 0 Å². The summed E-state index contributed by atoms with van der Waals surface area (Å²) in [5.74, 6) is 2.07. The highest BCUT2D eigenvalue weighted by atomic mass is 16.6. The van der Waals surface area contributed by atoms with Crippen LogP contribution in [0.3, 0.4) is 0 Å². The molecule has 0 radical (unpaired) electrons. The van der Waals surface area contributed by atoms with Gasteiger partial charge in [0.25, 0.3) is 0 Å². The molecule has 0 saturated heterocycles. The van der Waals surface area contributed by atoms with E-state index in [0.29, 0.717) is 52.0 Å². The van der Waals surface area contributed by atoms with Gasteiger partial charge in [-0.3, -0.25) is 0 Å². The van der Waals surface area contributed by atoms with Crippen molar-refractivity contribution in [1.29, 1.82) is 0 Å².